The average molecular weight is 566 g/mol. The van der Waals surface area contributed by atoms with Crippen LogP contribution in [0.2, 0.25) is 5.28 Å². The molecule has 1 amide bonds. The Bertz CT molecular complexity index is 1630. The standard InChI is InChI=1S/C27H24ClN5O3S2/c1-3-7-22-30-23-17(2)29-27(28)31-24(23)32(22)16-18-10-12-19(13-11-18)21-14-15-37-26(21)33(38(35)36)25(34)20-8-5-4-6-9-20/h4-6,8-15H,3,7,16H2,1-2H3,(H,35,36). The van der Waals surface area contributed by atoms with E-state index in [1.165, 1.54) is 11.3 Å². The number of halogens is 1. The molecule has 0 radical (unpaired) electrons. The Morgan fingerprint density at radius 2 is 1.82 bits per heavy atom. The van der Waals surface area contributed by atoms with Crippen LogP contribution in [-0.2, 0) is 24.2 Å². The van der Waals surface area contributed by atoms with Crippen molar-refractivity contribution < 1.29 is 13.6 Å². The van der Waals surface area contributed by atoms with Crippen molar-refractivity contribution in [2.24, 2.45) is 0 Å². The van der Waals surface area contributed by atoms with Gasteiger partial charge in [-0.3, -0.25) is 9.35 Å². The Hall–Kier alpha value is -3.44. The number of amides is 1. The summed E-state index contributed by atoms with van der Waals surface area (Å²) in [6.07, 6.45) is 1.74. The Balaban J connectivity index is 1.47. The van der Waals surface area contributed by atoms with E-state index in [9.17, 15) is 13.6 Å². The van der Waals surface area contributed by atoms with E-state index < -0.39 is 17.2 Å². The third-order valence-electron chi connectivity index (χ3n) is 6.09. The van der Waals surface area contributed by atoms with Gasteiger partial charge in [0.2, 0.25) is 5.28 Å². The monoisotopic (exact) mass is 565 g/mol. The van der Waals surface area contributed by atoms with Crippen molar-refractivity contribution in [3.8, 4) is 11.1 Å². The fourth-order valence-electron chi connectivity index (χ4n) is 4.31. The lowest BCUT2D eigenvalue weighted by molar-refractivity contribution is 0.101. The molecule has 11 heteroatoms. The van der Waals surface area contributed by atoms with Gasteiger partial charge in [0.1, 0.15) is 16.3 Å². The molecule has 3 aromatic heterocycles. The van der Waals surface area contributed by atoms with Crippen LogP contribution in [0.15, 0.2) is 66.0 Å². The van der Waals surface area contributed by atoms with Gasteiger partial charge in [0.05, 0.1) is 12.2 Å². The lowest BCUT2D eigenvalue weighted by Gasteiger charge is -2.18. The maximum absolute atomic E-state index is 13.1. The Morgan fingerprint density at radius 1 is 1.08 bits per heavy atom. The fraction of sp³-hybridized carbons (Fsp3) is 0.185. The average Bonchev–Trinajstić information content (AvgIpc) is 3.51. The first-order valence-corrected chi connectivity index (χ1v) is 14.3. The van der Waals surface area contributed by atoms with Gasteiger partial charge in [-0.2, -0.15) is 9.29 Å². The molecule has 5 aromatic rings. The molecular weight excluding hydrogens is 542 g/mol. The number of hydrogen-bond donors (Lipinski definition) is 1. The van der Waals surface area contributed by atoms with Crippen LogP contribution in [0.25, 0.3) is 22.3 Å². The van der Waals surface area contributed by atoms with Crippen LogP contribution in [0, 0.1) is 6.92 Å². The van der Waals surface area contributed by atoms with Gasteiger partial charge in [-0.1, -0.05) is 49.4 Å². The summed E-state index contributed by atoms with van der Waals surface area (Å²) in [4.78, 5) is 26.6. The zero-order chi connectivity index (χ0) is 26.8. The molecule has 0 bridgehead atoms. The lowest BCUT2D eigenvalue weighted by Crippen LogP contribution is -2.32. The van der Waals surface area contributed by atoms with Gasteiger partial charge in [-0.25, -0.2) is 14.2 Å². The SMILES string of the molecule is CCCc1nc2c(C)nc(Cl)nc2n1Cc1ccc(-c2ccsc2N(C(=O)c2ccccc2)S(=O)O)cc1. The summed E-state index contributed by atoms with van der Waals surface area (Å²) in [6.45, 7) is 4.53. The second kappa shape index (κ2) is 11.1. The number of nitrogens with zero attached hydrogens (tertiary/aromatic N) is 5. The van der Waals surface area contributed by atoms with E-state index in [0.717, 1.165) is 45.3 Å². The van der Waals surface area contributed by atoms with Crippen molar-refractivity contribution in [3.63, 3.8) is 0 Å². The molecule has 1 unspecified atom stereocenters. The maximum Gasteiger partial charge on any atom is 0.272 e. The van der Waals surface area contributed by atoms with Crippen LogP contribution in [0.3, 0.4) is 0 Å². The van der Waals surface area contributed by atoms with E-state index in [4.69, 9.17) is 16.6 Å². The fourth-order valence-corrected chi connectivity index (χ4v) is 6.15. The van der Waals surface area contributed by atoms with E-state index in [-0.39, 0.29) is 5.28 Å². The summed E-state index contributed by atoms with van der Waals surface area (Å²) in [5, 5.41) is 2.40. The highest BCUT2D eigenvalue weighted by molar-refractivity contribution is 7.82. The molecule has 0 saturated heterocycles. The number of rotatable bonds is 8. The van der Waals surface area contributed by atoms with Crippen molar-refractivity contribution in [2.75, 3.05) is 4.31 Å². The number of carbonyl (C=O) groups is 1. The molecule has 2 aromatic carbocycles. The first kappa shape index (κ1) is 26.2. The number of imidazole rings is 1. The largest absolute Gasteiger partial charge is 0.308 e. The highest BCUT2D eigenvalue weighted by Crippen LogP contribution is 2.37. The van der Waals surface area contributed by atoms with Gasteiger partial charge in [0, 0.05) is 17.5 Å². The Kier molecular flexibility index (Phi) is 7.66. The third kappa shape index (κ3) is 5.12. The smallest absolute Gasteiger partial charge is 0.272 e. The van der Waals surface area contributed by atoms with Crippen molar-refractivity contribution in [1.29, 1.82) is 0 Å². The van der Waals surface area contributed by atoms with Crippen LogP contribution in [0.4, 0.5) is 5.00 Å². The minimum atomic E-state index is -2.53. The normalized spacial score (nSPS) is 12.1. The quantitative estimate of drug-likeness (QED) is 0.175. The van der Waals surface area contributed by atoms with E-state index in [1.54, 1.807) is 35.7 Å². The van der Waals surface area contributed by atoms with Crippen LogP contribution >= 0.6 is 22.9 Å². The minimum Gasteiger partial charge on any atom is -0.308 e. The topological polar surface area (TPSA) is 101 Å². The molecule has 1 atom stereocenters. The summed E-state index contributed by atoms with van der Waals surface area (Å²) >= 11 is 4.86. The highest BCUT2D eigenvalue weighted by atomic mass is 35.5. The van der Waals surface area contributed by atoms with E-state index in [1.807, 2.05) is 37.3 Å². The first-order chi connectivity index (χ1) is 18.4. The zero-order valence-electron chi connectivity index (χ0n) is 20.7. The number of aryl methyl sites for hydroxylation is 2. The molecule has 0 fully saturated rings. The molecular formula is C27H24ClN5O3S2. The first-order valence-electron chi connectivity index (χ1n) is 11.9. The van der Waals surface area contributed by atoms with Gasteiger partial charge >= 0.3 is 0 Å². The van der Waals surface area contributed by atoms with Crippen LogP contribution < -0.4 is 4.31 Å². The van der Waals surface area contributed by atoms with E-state index in [0.29, 0.717) is 28.3 Å². The molecule has 0 spiro atoms. The van der Waals surface area contributed by atoms with Crippen molar-refractivity contribution in [2.45, 2.75) is 33.2 Å². The van der Waals surface area contributed by atoms with Crippen molar-refractivity contribution in [1.82, 2.24) is 19.5 Å². The van der Waals surface area contributed by atoms with Crippen LogP contribution in [0.5, 0.6) is 0 Å². The van der Waals surface area contributed by atoms with Crippen molar-refractivity contribution >= 4 is 56.3 Å². The Morgan fingerprint density at radius 3 is 2.50 bits per heavy atom. The maximum atomic E-state index is 13.1. The molecule has 38 heavy (non-hydrogen) atoms. The molecule has 0 aliphatic heterocycles. The predicted octanol–water partition coefficient (Wildman–Crippen LogP) is 6.30. The summed E-state index contributed by atoms with van der Waals surface area (Å²) in [7, 11) is 0. The molecule has 0 aliphatic carbocycles. The number of fused-ring (bicyclic) bond motifs is 1. The number of aromatic nitrogens is 4. The minimum absolute atomic E-state index is 0.190. The zero-order valence-corrected chi connectivity index (χ0v) is 23.1. The van der Waals surface area contributed by atoms with E-state index in [2.05, 4.69) is 21.5 Å². The summed E-state index contributed by atoms with van der Waals surface area (Å²) in [5.41, 5.74) is 5.08. The Labute approximate surface area is 231 Å². The van der Waals surface area contributed by atoms with Crippen LogP contribution in [0.1, 0.15) is 40.8 Å². The summed E-state index contributed by atoms with van der Waals surface area (Å²) in [5.74, 6) is 0.380. The molecule has 5 rings (SSSR count). The molecule has 3 heterocycles. The van der Waals surface area contributed by atoms with Gasteiger partial charge in [-0.15, -0.1) is 11.3 Å². The molecule has 194 valence electrons. The number of benzene rings is 2. The molecule has 8 nitrogen and oxygen atoms in total. The molecule has 1 N–H and O–H groups in total. The van der Waals surface area contributed by atoms with Gasteiger partial charge in [0.15, 0.2) is 5.65 Å². The molecule has 0 aliphatic rings. The highest BCUT2D eigenvalue weighted by Gasteiger charge is 2.27. The van der Waals surface area contributed by atoms with Crippen LogP contribution in [-0.4, -0.2) is 34.2 Å². The predicted molar refractivity (Wildman–Crippen MR) is 152 cm³/mol. The van der Waals surface area contributed by atoms with Gasteiger partial charge in [0.25, 0.3) is 17.2 Å². The number of anilines is 1. The lowest BCUT2D eigenvalue weighted by atomic mass is 10.1. The second-order valence-electron chi connectivity index (χ2n) is 8.65. The number of thiophene rings is 1. The van der Waals surface area contributed by atoms with Gasteiger partial charge in [-0.05, 0) is 59.7 Å². The summed E-state index contributed by atoms with van der Waals surface area (Å²) in [6, 6.07) is 18.2. The number of hydrogen-bond acceptors (Lipinski definition) is 6. The third-order valence-corrected chi connectivity index (χ3v) is 7.93. The molecule has 0 saturated carbocycles. The van der Waals surface area contributed by atoms with Crippen molar-refractivity contribution in [3.05, 3.63) is 94.0 Å². The van der Waals surface area contributed by atoms with Gasteiger partial charge < -0.3 is 4.57 Å². The van der Waals surface area contributed by atoms with E-state index >= 15 is 0 Å². The second-order valence-corrected chi connectivity index (χ2v) is 10.7. The summed E-state index contributed by atoms with van der Waals surface area (Å²) < 4.78 is 25.3. The number of carbonyl (C=O) groups excluding carboxylic acids is 1.